The van der Waals surface area contributed by atoms with Crippen LogP contribution in [0.25, 0.3) is 0 Å². The van der Waals surface area contributed by atoms with Crippen LogP contribution in [-0.4, -0.2) is 10.9 Å². The topological polar surface area (TPSA) is 49.9 Å². The van der Waals surface area contributed by atoms with E-state index in [1.165, 1.54) is 102 Å². The fourth-order valence-electron chi connectivity index (χ4n) is 2.48. The fraction of sp³-hybridized carbons (Fsp3) is 0.941. The number of hydrogen-bond acceptors (Lipinski definition) is 2. The Morgan fingerprint density at radius 2 is 1.05 bits per heavy atom. The molecule has 0 aliphatic carbocycles. The number of thioether (sulfide) groups is 1. The first kappa shape index (κ1) is 23.8. The van der Waals surface area contributed by atoms with Crippen LogP contribution in [0.4, 0.5) is 0 Å². The zero-order chi connectivity index (χ0) is 14.9. The zero-order valence-electron chi connectivity index (χ0n) is 14.0. The summed E-state index contributed by atoms with van der Waals surface area (Å²) in [6.07, 6.45) is 19.6. The standard InChI is InChI=1S/C17H36N2S.HI/c1-2-3-4-5-6-7-8-9-10-11-12-13-14-15-16-20-17(18)19;/h2-16H2,1H3,(H3,18,19);1H. The summed E-state index contributed by atoms with van der Waals surface area (Å²) in [7, 11) is 0. The van der Waals surface area contributed by atoms with Crippen LogP contribution < -0.4 is 5.73 Å². The van der Waals surface area contributed by atoms with Crippen LogP contribution in [0.5, 0.6) is 0 Å². The highest BCUT2D eigenvalue weighted by molar-refractivity contribution is 14.0. The highest BCUT2D eigenvalue weighted by atomic mass is 127. The van der Waals surface area contributed by atoms with E-state index in [0.717, 1.165) is 5.75 Å². The molecule has 0 aliphatic heterocycles. The molecule has 4 heteroatoms. The molecule has 0 saturated carbocycles. The lowest BCUT2D eigenvalue weighted by Gasteiger charge is -2.03. The van der Waals surface area contributed by atoms with Gasteiger partial charge in [-0.25, -0.2) is 0 Å². The summed E-state index contributed by atoms with van der Waals surface area (Å²) in [5, 5.41) is 7.37. The first-order chi connectivity index (χ1) is 9.77. The predicted molar refractivity (Wildman–Crippen MR) is 110 cm³/mol. The monoisotopic (exact) mass is 428 g/mol. The second-order valence-corrected chi connectivity index (χ2v) is 6.95. The summed E-state index contributed by atoms with van der Waals surface area (Å²) in [4.78, 5) is 0. The number of nitrogens with two attached hydrogens (primary N) is 1. The zero-order valence-corrected chi connectivity index (χ0v) is 17.1. The van der Waals surface area contributed by atoms with Gasteiger partial charge in [0.15, 0.2) is 5.17 Å². The highest BCUT2D eigenvalue weighted by Gasteiger charge is 1.95. The van der Waals surface area contributed by atoms with E-state index in [2.05, 4.69) is 6.92 Å². The summed E-state index contributed by atoms with van der Waals surface area (Å²) in [5.41, 5.74) is 5.29. The Bertz CT molecular complexity index is 213. The van der Waals surface area contributed by atoms with E-state index in [-0.39, 0.29) is 29.1 Å². The van der Waals surface area contributed by atoms with Gasteiger partial charge < -0.3 is 5.73 Å². The first-order valence-electron chi connectivity index (χ1n) is 8.74. The third kappa shape index (κ3) is 23.0. The van der Waals surface area contributed by atoms with Crippen molar-refractivity contribution in [3.63, 3.8) is 0 Å². The van der Waals surface area contributed by atoms with Crippen LogP contribution >= 0.6 is 35.7 Å². The van der Waals surface area contributed by atoms with Gasteiger partial charge in [-0.05, 0) is 6.42 Å². The average Bonchev–Trinajstić information content (AvgIpc) is 2.43. The third-order valence-electron chi connectivity index (χ3n) is 3.76. The van der Waals surface area contributed by atoms with E-state index in [1.54, 1.807) is 0 Å². The minimum Gasteiger partial charge on any atom is -0.379 e. The van der Waals surface area contributed by atoms with Gasteiger partial charge in [0.2, 0.25) is 0 Å². The van der Waals surface area contributed by atoms with Gasteiger partial charge in [0, 0.05) is 5.75 Å². The molecular weight excluding hydrogens is 391 g/mol. The molecule has 0 aliphatic rings. The second-order valence-electron chi connectivity index (χ2n) is 5.81. The van der Waals surface area contributed by atoms with Crippen molar-refractivity contribution in [3.05, 3.63) is 0 Å². The molecule has 0 aromatic heterocycles. The Kier molecular flexibility index (Phi) is 23.3. The van der Waals surface area contributed by atoms with Crippen LogP contribution in [-0.2, 0) is 0 Å². The molecule has 0 bridgehead atoms. The normalized spacial score (nSPS) is 10.3. The average molecular weight is 428 g/mol. The second kappa shape index (κ2) is 20.6. The Labute approximate surface area is 154 Å². The van der Waals surface area contributed by atoms with Gasteiger partial charge in [-0.15, -0.1) is 24.0 Å². The molecule has 0 spiro atoms. The molecule has 0 unspecified atom stereocenters. The molecule has 128 valence electrons. The van der Waals surface area contributed by atoms with E-state index in [4.69, 9.17) is 11.1 Å². The molecule has 3 N–H and O–H groups in total. The molecule has 0 aromatic rings. The number of hydrogen-bond donors (Lipinski definition) is 2. The number of amidine groups is 1. The maximum Gasteiger partial charge on any atom is 0.151 e. The van der Waals surface area contributed by atoms with Crippen molar-refractivity contribution in [3.8, 4) is 0 Å². The SMILES string of the molecule is CCCCCCCCCCCCCCCCSC(=N)N.I. The lowest BCUT2D eigenvalue weighted by atomic mass is 10.0. The maximum atomic E-state index is 7.11. The van der Waals surface area contributed by atoms with E-state index in [9.17, 15) is 0 Å². The van der Waals surface area contributed by atoms with Gasteiger partial charge in [0.25, 0.3) is 0 Å². The van der Waals surface area contributed by atoms with Crippen molar-refractivity contribution in [2.75, 3.05) is 5.75 Å². The molecule has 21 heavy (non-hydrogen) atoms. The molecule has 2 nitrogen and oxygen atoms in total. The third-order valence-corrected chi connectivity index (χ3v) is 4.56. The summed E-state index contributed by atoms with van der Waals surface area (Å²) >= 11 is 1.48. The van der Waals surface area contributed by atoms with Crippen LogP contribution in [0.15, 0.2) is 0 Å². The largest absolute Gasteiger partial charge is 0.379 e. The molecule has 0 radical (unpaired) electrons. The number of rotatable bonds is 15. The Morgan fingerprint density at radius 1 is 0.714 bits per heavy atom. The first-order valence-corrected chi connectivity index (χ1v) is 9.72. The molecule has 0 rings (SSSR count). The minimum absolute atomic E-state index is 0. The Morgan fingerprint density at radius 3 is 1.38 bits per heavy atom. The molecule has 0 heterocycles. The van der Waals surface area contributed by atoms with Gasteiger partial charge in [-0.3, -0.25) is 5.41 Å². The van der Waals surface area contributed by atoms with Gasteiger partial charge in [-0.1, -0.05) is 102 Å². The number of unbranched alkanes of at least 4 members (excludes halogenated alkanes) is 13. The molecule has 0 amide bonds. The quantitative estimate of drug-likeness (QED) is 0.132. The van der Waals surface area contributed by atoms with Gasteiger partial charge in [0.05, 0.1) is 0 Å². The van der Waals surface area contributed by atoms with Gasteiger partial charge in [-0.2, -0.15) is 0 Å². The van der Waals surface area contributed by atoms with Crippen LogP contribution in [0.1, 0.15) is 96.8 Å². The number of nitrogens with one attached hydrogen (secondary N) is 1. The molecular formula is C17H37IN2S. The van der Waals surface area contributed by atoms with Crippen LogP contribution in [0.2, 0.25) is 0 Å². The van der Waals surface area contributed by atoms with Gasteiger partial charge >= 0.3 is 0 Å². The summed E-state index contributed by atoms with van der Waals surface area (Å²) < 4.78 is 0. The lowest BCUT2D eigenvalue weighted by molar-refractivity contribution is 0.538. The van der Waals surface area contributed by atoms with Crippen LogP contribution in [0, 0.1) is 5.41 Å². The smallest absolute Gasteiger partial charge is 0.151 e. The van der Waals surface area contributed by atoms with Crippen molar-refractivity contribution in [2.45, 2.75) is 96.8 Å². The van der Waals surface area contributed by atoms with Gasteiger partial charge in [0.1, 0.15) is 0 Å². The molecule has 0 saturated heterocycles. The van der Waals surface area contributed by atoms with Crippen LogP contribution in [0.3, 0.4) is 0 Å². The van der Waals surface area contributed by atoms with E-state index >= 15 is 0 Å². The Hall–Kier alpha value is 0.550. The molecule has 0 fully saturated rings. The summed E-state index contributed by atoms with van der Waals surface area (Å²) in [5.74, 6) is 1.02. The van der Waals surface area contributed by atoms with E-state index in [1.807, 2.05) is 0 Å². The fourth-order valence-corrected chi connectivity index (χ4v) is 3.05. The molecule has 0 atom stereocenters. The Balaban J connectivity index is 0. The van der Waals surface area contributed by atoms with E-state index in [0.29, 0.717) is 0 Å². The summed E-state index contributed by atoms with van der Waals surface area (Å²) in [6, 6.07) is 0. The maximum absolute atomic E-state index is 7.11. The lowest BCUT2D eigenvalue weighted by Crippen LogP contribution is -2.04. The molecule has 0 aromatic carbocycles. The van der Waals surface area contributed by atoms with Crippen molar-refractivity contribution in [2.24, 2.45) is 5.73 Å². The van der Waals surface area contributed by atoms with Crippen molar-refractivity contribution < 1.29 is 0 Å². The number of halogens is 1. The highest BCUT2D eigenvalue weighted by Crippen LogP contribution is 2.13. The van der Waals surface area contributed by atoms with Crippen molar-refractivity contribution in [1.82, 2.24) is 0 Å². The van der Waals surface area contributed by atoms with Crippen molar-refractivity contribution >= 4 is 40.9 Å². The predicted octanol–water partition coefficient (Wildman–Crippen LogP) is 6.71. The summed E-state index contributed by atoms with van der Waals surface area (Å²) in [6.45, 7) is 2.28. The minimum atomic E-state index is 0. The van der Waals surface area contributed by atoms with E-state index < -0.39 is 0 Å². The van der Waals surface area contributed by atoms with Crippen molar-refractivity contribution in [1.29, 1.82) is 5.41 Å².